The average molecular weight is 295 g/mol. The van der Waals surface area contributed by atoms with E-state index in [0.717, 1.165) is 24.7 Å². The number of pyridine rings is 1. The standard InChI is InChI=1S/C18H21N3O/c1-14-9-12-21(13-10-14)16-7-5-15(6-8-16)20-18(22)17-4-2-3-11-19-17/h2-8,11,14H,9-10,12-13H2,1H3,(H,20,22). The molecule has 0 saturated carbocycles. The predicted molar refractivity (Wildman–Crippen MR) is 89.2 cm³/mol. The maximum atomic E-state index is 12.1. The molecule has 0 unspecified atom stereocenters. The largest absolute Gasteiger partial charge is 0.372 e. The van der Waals surface area contributed by atoms with E-state index in [9.17, 15) is 4.79 Å². The number of benzene rings is 1. The number of nitrogens with one attached hydrogen (secondary N) is 1. The molecule has 0 atom stereocenters. The minimum absolute atomic E-state index is 0.180. The van der Waals surface area contributed by atoms with Crippen molar-refractivity contribution in [3.63, 3.8) is 0 Å². The number of piperidine rings is 1. The number of carbonyl (C=O) groups is 1. The fraction of sp³-hybridized carbons (Fsp3) is 0.333. The predicted octanol–water partition coefficient (Wildman–Crippen LogP) is 3.57. The van der Waals surface area contributed by atoms with Crippen molar-refractivity contribution in [2.24, 2.45) is 5.92 Å². The third-order valence-corrected chi connectivity index (χ3v) is 4.17. The van der Waals surface area contributed by atoms with Crippen molar-refractivity contribution >= 4 is 17.3 Å². The molecule has 0 spiro atoms. The molecule has 1 saturated heterocycles. The van der Waals surface area contributed by atoms with E-state index in [-0.39, 0.29) is 5.91 Å². The van der Waals surface area contributed by atoms with Gasteiger partial charge in [-0.15, -0.1) is 0 Å². The summed E-state index contributed by atoms with van der Waals surface area (Å²) in [6.45, 7) is 4.54. The minimum Gasteiger partial charge on any atom is -0.372 e. The molecule has 1 aromatic heterocycles. The van der Waals surface area contributed by atoms with E-state index in [2.05, 4.69) is 34.3 Å². The molecule has 4 heteroatoms. The lowest BCUT2D eigenvalue weighted by Gasteiger charge is -2.32. The zero-order chi connectivity index (χ0) is 15.4. The molecule has 114 valence electrons. The van der Waals surface area contributed by atoms with E-state index in [1.54, 1.807) is 18.3 Å². The highest BCUT2D eigenvalue weighted by atomic mass is 16.1. The van der Waals surface area contributed by atoms with Crippen molar-refractivity contribution < 1.29 is 4.79 Å². The Morgan fingerprint density at radius 3 is 2.50 bits per heavy atom. The van der Waals surface area contributed by atoms with Gasteiger partial charge in [-0.3, -0.25) is 9.78 Å². The highest BCUT2D eigenvalue weighted by Crippen LogP contribution is 2.24. The van der Waals surface area contributed by atoms with Crippen molar-refractivity contribution in [1.29, 1.82) is 0 Å². The zero-order valence-corrected chi connectivity index (χ0v) is 12.8. The third kappa shape index (κ3) is 3.45. The Morgan fingerprint density at radius 1 is 1.14 bits per heavy atom. The first-order chi connectivity index (χ1) is 10.7. The number of nitrogens with zero attached hydrogens (tertiary/aromatic N) is 2. The molecule has 0 aliphatic carbocycles. The summed E-state index contributed by atoms with van der Waals surface area (Å²) in [5.41, 5.74) is 2.45. The molecule has 1 aliphatic rings. The topological polar surface area (TPSA) is 45.2 Å². The van der Waals surface area contributed by atoms with Gasteiger partial charge in [0.2, 0.25) is 0 Å². The second kappa shape index (κ2) is 6.60. The number of hydrogen-bond donors (Lipinski definition) is 1. The van der Waals surface area contributed by atoms with E-state index < -0.39 is 0 Å². The second-order valence-corrected chi connectivity index (χ2v) is 5.89. The number of carbonyl (C=O) groups excluding carboxylic acids is 1. The summed E-state index contributed by atoms with van der Waals surface area (Å²) < 4.78 is 0. The Balaban J connectivity index is 1.63. The Hall–Kier alpha value is -2.36. The van der Waals surface area contributed by atoms with Crippen molar-refractivity contribution in [2.75, 3.05) is 23.3 Å². The molecule has 1 amide bonds. The van der Waals surface area contributed by atoms with Crippen LogP contribution in [0.25, 0.3) is 0 Å². The van der Waals surface area contributed by atoms with E-state index in [0.29, 0.717) is 5.69 Å². The van der Waals surface area contributed by atoms with Crippen LogP contribution in [0, 0.1) is 5.92 Å². The normalized spacial score (nSPS) is 15.6. The number of aromatic nitrogens is 1. The van der Waals surface area contributed by atoms with E-state index >= 15 is 0 Å². The van der Waals surface area contributed by atoms with Gasteiger partial charge in [-0.1, -0.05) is 13.0 Å². The zero-order valence-electron chi connectivity index (χ0n) is 12.8. The highest BCUT2D eigenvalue weighted by molar-refractivity contribution is 6.02. The molecule has 0 radical (unpaired) electrons. The Morgan fingerprint density at radius 2 is 1.86 bits per heavy atom. The van der Waals surface area contributed by atoms with Crippen LogP contribution in [0.4, 0.5) is 11.4 Å². The lowest BCUT2D eigenvalue weighted by Crippen LogP contribution is -2.32. The van der Waals surface area contributed by atoms with Crippen molar-refractivity contribution in [1.82, 2.24) is 4.98 Å². The number of rotatable bonds is 3. The van der Waals surface area contributed by atoms with Crippen LogP contribution in [0.1, 0.15) is 30.3 Å². The minimum atomic E-state index is -0.180. The van der Waals surface area contributed by atoms with Gasteiger partial charge in [-0.2, -0.15) is 0 Å². The fourth-order valence-corrected chi connectivity index (χ4v) is 2.71. The third-order valence-electron chi connectivity index (χ3n) is 4.17. The van der Waals surface area contributed by atoms with Gasteiger partial charge < -0.3 is 10.2 Å². The lowest BCUT2D eigenvalue weighted by atomic mass is 9.99. The lowest BCUT2D eigenvalue weighted by molar-refractivity contribution is 0.102. The molecule has 4 nitrogen and oxygen atoms in total. The molecule has 0 bridgehead atoms. The van der Waals surface area contributed by atoms with Gasteiger partial charge in [0.1, 0.15) is 5.69 Å². The molecular weight excluding hydrogens is 274 g/mol. The van der Waals surface area contributed by atoms with Gasteiger partial charge in [0, 0.05) is 30.7 Å². The Labute approximate surface area is 131 Å². The van der Waals surface area contributed by atoms with Crippen LogP contribution in [0.5, 0.6) is 0 Å². The van der Waals surface area contributed by atoms with Gasteiger partial charge in [-0.05, 0) is 55.2 Å². The monoisotopic (exact) mass is 295 g/mol. The maximum absolute atomic E-state index is 12.1. The quantitative estimate of drug-likeness (QED) is 0.941. The molecule has 2 heterocycles. The summed E-state index contributed by atoms with van der Waals surface area (Å²) in [6, 6.07) is 13.4. The first-order valence-electron chi connectivity index (χ1n) is 7.80. The van der Waals surface area contributed by atoms with E-state index in [4.69, 9.17) is 0 Å². The van der Waals surface area contributed by atoms with Gasteiger partial charge in [0.25, 0.3) is 5.91 Å². The van der Waals surface area contributed by atoms with E-state index in [1.807, 2.05) is 18.2 Å². The summed E-state index contributed by atoms with van der Waals surface area (Å²) in [6.07, 6.45) is 4.12. The molecule has 22 heavy (non-hydrogen) atoms. The van der Waals surface area contributed by atoms with Crippen molar-refractivity contribution in [3.05, 3.63) is 54.4 Å². The number of anilines is 2. The SMILES string of the molecule is CC1CCN(c2ccc(NC(=O)c3ccccn3)cc2)CC1. The van der Waals surface area contributed by atoms with Gasteiger partial charge in [0.15, 0.2) is 0 Å². The molecule has 1 aromatic carbocycles. The van der Waals surface area contributed by atoms with Crippen LogP contribution in [-0.2, 0) is 0 Å². The highest BCUT2D eigenvalue weighted by Gasteiger charge is 2.16. The first-order valence-corrected chi connectivity index (χ1v) is 7.80. The van der Waals surface area contributed by atoms with Crippen LogP contribution in [0.15, 0.2) is 48.7 Å². The summed E-state index contributed by atoms with van der Waals surface area (Å²) in [7, 11) is 0. The average Bonchev–Trinajstić information content (AvgIpc) is 2.57. The molecule has 1 N–H and O–H groups in total. The number of amides is 1. The number of hydrogen-bond acceptors (Lipinski definition) is 3. The fourth-order valence-electron chi connectivity index (χ4n) is 2.71. The Bertz CT molecular complexity index is 617. The summed E-state index contributed by atoms with van der Waals surface area (Å²) in [4.78, 5) is 18.5. The van der Waals surface area contributed by atoms with Crippen LogP contribution >= 0.6 is 0 Å². The molecule has 2 aromatic rings. The smallest absolute Gasteiger partial charge is 0.274 e. The molecule has 1 fully saturated rings. The molecule has 3 rings (SSSR count). The van der Waals surface area contributed by atoms with Crippen LogP contribution in [0.3, 0.4) is 0 Å². The van der Waals surface area contributed by atoms with E-state index in [1.165, 1.54) is 18.5 Å². The van der Waals surface area contributed by atoms with Crippen LogP contribution in [-0.4, -0.2) is 24.0 Å². The first kappa shape index (κ1) is 14.6. The Kier molecular flexibility index (Phi) is 4.37. The van der Waals surface area contributed by atoms with Crippen molar-refractivity contribution in [2.45, 2.75) is 19.8 Å². The van der Waals surface area contributed by atoms with Crippen molar-refractivity contribution in [3.8, 4) is 0 Å². The van der Waals surface area contributed by atoms with Gasteiger partial charge >= 0.3 is 0 Å². The maximum Gasteiger partial charge on any atom is 0.274 e. The molecule has 1 aliphatic heterocycles. The summed E-state index contributed by atoms with van der Waals surface area (Å²) in [5, 5.41) is 2.88. The summed E-state index contributed by atoms with van der Waals surface area (Å²) >= 11 is 0. The van der Waals surface area contributed by atoms with Gasteiger partial charge in [0.05, 0.1) is 0 Å². The van der Waals surface area contributed by atoms with Crippen LogP contribution in [0.2, 0.25) is 0 Å². The second-order valence-electron chi connectivity index (χ2n) is 5.89. The summed E-state index contributed by atoms with van der Waals surface area (Å²) in [5.74, 6) is 0.647. The van der Waals surface area contributed by atoms with Crippen LogP contribution < -0.4 is 10.2 Å². The van der Waals surface area contributed by atoms with Gasteiger partial charge in [-0.25, -0.2) is 0 Å². The molecular formula is C18H21N3O.